The fourth-order valence-electron chi connectivity index (χ4n) is 1.44. The lowest BCUT2D eigenvalue weighted by atomic mass is 10.2. The van der Waals surface area contributed by atoms with Crippen molar-refractivity contribution in [2.24, 2.45) is 5.92 Å². The van der Waals surface area contributed by atoms with Crippen LogP contribution in [0.15, 0.2) is 24.3 Å². The summed E-state index contributed by atoms with van der Waals surface area (Å²) in [5.41, 5.74) is 6.32. The fraction of sp³-hybridized carbons (Fsp3) is 0.571. The second kappa shape index (κ2) is 8.14. The van der Waals surface area contributed by atoms with E-state index >= 15 is 0 Å². The maximum Gasteiger partial charge on any atom is 0.119 e. The van der Waals surface area contributed by atoms with Crippen LogP contribution in [0.5, 0.6) is 5.75 Å². The molecule has 0 fully saturated rings. The minimum Gasteiger partial charge on any atom is -0.494 e. The normalized spacial score (nSPS) is 12.6. The quantitative estimate of drug-likeness (QED) is 0.583. The van der Waals surface area contributed by atoms with Crippen LogP contribution < -0.4 is 10.5 Å². The zero-order chi connectivity index (χ0) is 13.4. The van der Waals surface area contributed by atoms with Gasteiger partial charge >= 0.3 is 0 Å². The number of ether oxygens (including phenoxy) is 1. The predicted molar refractivity (Wildman–Crippen MR) is 78.3 cm³/mol. The molecular weight excluding hydrogens is 246 g/mol. The summed E-state index contributed by atoms with van der Waals surface area (Å²) in [5.74, 6) is 2.97. The lowest BCUT2D eigenvalue weighted by molar-refractivity contribution is 0.318. The first-order valence-electron chi connectivity index (χ1n) is 6.41. The number of anilines is 1. The van der Waals surface area contributed by atoms with Crippen LogP contribution >= 0.6 is 0 Å². The van der Waals surface area contributed by atoms with Gasteiger partial charge in [0.2, 0.25) is 0 Å². The van der Waals surface area contributed by atoms with Gasteiger partial charge in [-0.1, -0.05) is 13.8 Å². The fourth-order valence-corrected chi connectivity index (χ4v) is 2.82. The third-order valence-corrected chi connectivity index (χ3v) is 4.02. The van der Waals surface area contributed by atoms with Crippen molar-refractivity contribution in [3.8, 4) is 5.75 Å². The van der Waals surface area contributed by atoms with Gasteiger partial charge in [-0.3, -0.25) is 4.21 Å². The highest BCUT2D eigenvalue weighted by Crippen LogP contribution is 2.13. The smallest absolute Gasteiger partial charge is 0.119 e. The highest BCUT2D eigenvalue weighted by molar-refractivity contribution is 7.84. The topological polar surface area (TPSA) is 52.3 Å². The van der Waals surface area contributed by atoms with Gasteiger partial charge in [0, 0.05) is 28.0 Å². The van der Waals surface area contributed by atoms with Crippen molar-refractivity contribution in [3.05, 3.63) is 24.3 Å². The molecule has 0 saturated carbocycles. The molecule has 0 aliphatic rings. The van der Waals surface area contributed by atoms with Crippen LogP contribution in [0, 0.1) is 5.92 Å². The summed E-state index contributed by atoms with van der Waals surface area (Å²) in [6, 6.07) is 7.34. The Morgan fingerprint density at radius 3 is 2.50 bits per heavy atom. The number of nitrogens with two attached hydrogens (primary N) is 1. The van der Waals surface area contributed by atoms with Gasteiger partial charge in [0.1, 0.15) is 5.75 Å². The number of benzene rings is 1. The SMILES string of the molecule is CC(C)CCS(=O)CCCOc1ccc(N)cc1. The molecule has 1 unspecified atom stereocenters. The van der Waals surface area contributed by atoms with Crippen molar-refractivity contribution in [3.63, 3.8) is 0 Å². The second-order valence-electron chi connectivity index (χ2n) is 4.80. The Morgan fingerprint density at radius 2 is 1.89 bits per heavy atom. The summed E-state index contributed by atoms with van der Waals surface area (Å²) in [5, 5.41) is 0. The number of hydrogen-bond acceptors (Lipinski definition) is 3. The molecule has 102 valence electrons. The molecule has 0 aliphatic carbocycles. The third kappa shape index (κ3) is 6.64. The van der Waals surface area contributed by atoms with Crippen LogP contribution in [0.2, 0.25) is 0 Å². The van der Waals surface area contributed by atoms with Crippen molar-refractivity contribution in [1.82, 2.24) is 0 Å². The van der Waals surface area contributed by atoms with E-state index in [9.17, 15) is 4.21 Å². The summed E-state index contributed by atoms with van der Waals surface area (Å²) >= 11 is 0. The largest absolute Gasteiger partial charge is 0.494 e. The third-order valence-electron chi connectivity index (χ3n) is 2.59. The molecule has 1 aromatic carbocycles. The van der Waals surface area contributed by atoms with Crippen molar-refractivity contribution >= 4 is 16.5 Å². The van der Waals surface area contributed by atoms with Crippen molar-refractivity contribution in [2.45, 2.75) is 26.7 Å². The average molecular weight is 269 g/mol. The van der Waals surface area contributed by atoms with Gasteiger partial charge in [0.15, 0.2) is 0 Å². The Balaban J connectivity index is 2.11. The van der Waals surface area contributed by atoms with Crippen molar-refractivity contribution < 1.29 is 8.95 Å². The number of hydrogen-bond donors (Lipinski definition) is 1. The zero-order valence-electron chi connectivity index (χ0n) is 11.2. The predicted octanol–water partition coefficient (Wildman–Crippen LogP) is 2.83. The maximum absolute atomic E-state index is 11.6. The molecule has 0 aromatic heterocycles. The summed E-state index contributed by atoms with van der Waals surface area (Å²) in [6.45, 7) is 4.92. The Bertz CT molecular complexity index is 363. The van der Waals surface area contributed by atoms with Gasteiger partial charge in [-0.05, 0) is 43.0 Å². The summed E-state index contributed by atoms with van der Waals surface area (Å²) in [4.78, 5) is 0. The van der Waals surface area contributed by atoms with E-state index in [2.05, 4.69) is 13.8 Å². The molecule has 3 nitrogen and oxygen atoms in total. The van der Waals surface area contributed by atoms with Crippen LogP contribution in [0.4, 0.5) is 5.69 Å². The average Bonchev–Trinajstić information content (AvgIpc) is 2.34. The Labute approximate surface area is 112 Å². The Morgan fingerprint density at radius 1 is 1.22 bits per heavy atom. The highest BCUT2D eigenvalue weighted by Gasteiger charge is 2.02. The molecule has 1 rings (SSSR count). The molecule has 0 aliphatic heterocycles. The summed E-state index contributed by atoms with van der Waals surface area (Å²) < 4.78 is 17.2. The van der Waals surface area contributed by atoms with E-state index in [0.717, 1.165) is 35.8 Å². The van der Waals surface area contributed by atoms with Crippen LogP contribution in [0.1, 0.15) is 26.7 Å². The van der Waals surface area contributed by atoms with E-state index in [4.69, 9.17) is 10.5 Å². The van der Waals surface area contributed by atoms with Gasteiger partial charge in [0.25, 0.3) is 0 Å². The molecule has 4 heteroatoms. The first-order valence-corrected chi connectivity index (χ1v) is 7.90. The highest BCUT2D eigenvalue weighted by atomic mass is 32.2. The zero-order valence-corrected chi connectivity index (χ0v) is 12.0. The molecule has 0 saturated heterocycles. The van der Waals surface area contributed by atoms with E-state index in [1.165, 1.54) is 0 Å². The van der Waals surface area contributed by atoms with E-state index < -0.39 is 10.8 Å². The van der Waals surface area contributed by atoms with Crippen LogP contribution in [-0.2, 0) is 10.8 Å². The molecular formula is C14H23NO2S. The first-order chi connectivity index (χ1) is 8.58. The van der Waals surface area contributed by atoms with E-state index in [1.807, 2.05) is 24.3 Å². The molecule has 0 amide bonds. The number of nitrogen functional groups attached to an aromatic ring is 1. The lowest BCUT2D eigenvalue weighted by Crippen LogP contribution is -2.08. The molecule has 0 spiro atoms. The van der Waals surface area contributed by atoms with Gasteiger partial charge in [-0.15, -0.1) is 0 Å². The van der Waals surface area contributed by atoms with Crippen molar-refractivity contribution in [2.75, 3.05) is 23.8 Å². The summed E-state index contributed by atoms with van der Waals surface area (Å²) in [6.07, 6.45) is 1.86. The molecule has 0 radical (unpaired) electrons. The molecule has 1 atom stereocenters. The van der Waals surface area contributed by atoms with Gasteiger partial charge in [-0.25, -0.2) is 0 Å². The van der Waals surface area contributed by atoms with Crippen LogP contribution in [0.3, 0.4) is 0 Å². The summed E-state index contributed by atoms with van der Waals surface area (Å²) in [7, 11) is -0.702. The minimum atomic E-state index is -0.702. The van der Waals surface area contributed by atoms with Gasteiger partial charge < -0.3 is 10.5 Å². The van der Waals surface area contributed by atoms with E-state index in [1.54, 1.807) is 0 Å². The van der Waals surface area contributed by atoms with Gasteiger partial charge in [0.05, 0.1) is 6.61 Å². The Hall–Kier alpha value is -1.03. The number of rotatable bonds is 8. The maximum atomic E-state index is 11.6. The lowest BCUT2D eigenvalue weighted by Gasteiger charge is -2.07. The second-order valence-corrected chi connectivity index (χ2v) is 6.50. The van der Waals surface area contributed by atoms with Gasteiger partial charge in [-0.2, -0.15) is 0 Å². The monoisotopic (exact) mass is 269 g/mol. The van der Waals surface area contributed by atoms with Crippen LogP contribution in [0.25, 0.3) is 0 Å². The molecule has 2 N–H and O–H groups in total. The van der Waals surface area contributed by atoms with Crippen molar-refractivity contribution in [1.29, 1.82) is 0 Å². The Kier molecular flexibility index (Phi) is 6.80. The molecule has 0 bridgehead atoms. The first kappa shape index (κ1) is 15.0. The standard InChI is InChI=1S/C14H23NO2S/c1-12(2)8-11-18(16)10-3-9-17-14-6-4-13(15)5-7-14/h4-7,12H,3,8-11,15H2,1-2H3. The molecule has 1 aromatic rings. The van der Waals surface area contributed by atoms with E-state index in [-0.39, 0.29) is 0 Å². The van der Waals surface area contributed by atoms with Crippen LogP contribution in [-0.4, -0.2) is 22.3 Å². The van der Waals surface area contributed by atoms with E-state index in [0.29, 0.717) is 12.5 Å². The molecule has 0 heterocycles. The minimum absolute atomic E-state index is 0.608. The molecule has 18 heavy (non-hydrogen) atoms.